The maximum absolute atomic E-state index is 13.4. The Bertz CT molecular complexity index is 805. The number of hydrogen-bond donors (Lipinski definition) is 0. The van der Waals surface area contributed by atoms with Crippen molar-refractivity contribution in [3.05, 3.63) is 71.8 Å². The van der Waals surface area contributed by atoms with Crippen LogP contribution in [0.3, 0.4) is 0 Å². The lowest BCUT2D eigenvalue weighted by molar-refractivity contribution is -0.177. The van der Waals surface area contributed by atoms with Crippen molar-refractivity contribution in [1.82, 2.24) is 4.90 Å². The van der Waals surface area contributed by atoms with Crippen LogP contribution < -0.4 is 0 Å². The van der Waals surface area contributed by atoms with E-state index >= 15 is 0 Å². The minimum absolute atomic E-state index is 0.0706. The third kappa shape index (κ3) is 2.61. The maximum Gasteiger partial charge on any atom is 0.332 e. The quantitative estimate of drug-likeness (QED) is 0.794. The molecule has 2 aliphatic heterocycles. The monoisotopic (exact) mass is 349 g/mol. The van der Waals surface area contributed by atoms with Gasteiger partial charge in [0.2, 0.25) is 5.91 Å². The van der Waals surface area contributed by atoms with Crippen LogP contribution in [0.5, 0.6) is 0 Å². The van der Waals surface area contributed by atoms with Crippen molar-refractivity contribution in [2.45, 2.75) is 37.8 Å². The average molecular weight is 349 g/mol. The fourth-order valence-corrected chi connectivity index (χ4v) is 4.44. The average Bonchev–Trinajstić information content (AvgIpc) is 2.98. The lowest BCUT2D eigenvalue weighted by Gasteiger charge is -2.44. The van der Waals surface area contributed by atoms with Gasteiger partial charge in [-0.25, -0.2) is 4.79 Å². The number of benzene rings is 2. The summed E-state index contributed by atoms with van der Waals surface area (Å²) in [6.07, 6.45) is 1.76. The third-order valence-electron chi connectivity index (χ3n) is 5.79. The lowest BCUT2D eigenvalue weighted by Crippen LogP contribution is -2.58. The number of carbonyl (C=O) groups excluding carboxylic acids is 2. The molecule has 26 heavy (non-hydrogen) atoms. The number of morpholine rings is 1. The molecule has 0 N–H and O–H groups in total. The van der Waals surface area contributed by atoms with Crippen LogP contribution in [0.1, 0.15) is 36.9 Å². The number of ether oxygens (including phenoxy) is 1. The molecule has 0 bridgehead atoms. The summed E-state index contributed by atoms with van der Waals surface area (Å²) in [6, 6.07) is 19.7. The number of esters is 1. The number of amides is 1. The van der Waals surface area contributed by atoms with Crippen LogP contribution in [-0.4, -0.2) is 28.9 Å². The van der Waals surface area contributed by atoms with E-state index in [1.54, 1.807) is 0 Å². The molecule has 0 saturated carbocycles. The Balaban J connectivity index is 1.70. The van der Waals surface area contributed by atoms with E-state index in [1.807, 2.05) is 72.5 Å². The zero-order valence-electron chi connectivity index (χ0n) is 14.9. The van der Waals surface area contributed by atoms with Gasteiger partial charge < -0.3 is 9.64 Å². The summed E-state index contributed by atoms with van der Waals surface area (Å²) in [4.78, 5) is 27.9. The van der Waals surface area contributed by atoms with Gasteiger partial charge in [-0.15, -0.1) is 0 Å². The Hall–Kier alpha value is -2.62. The number of fused-ring (bicyclic) bond motifs is 1. The number of carbonyl (C=O) groups is 2. The van der Waals surface area contributed by atoms with Crippen molar-refractivity contribution in [2.75, 3.05) is 6.61 Å². The molecule has 0 spiro atoms. The molecule has 4 heteroatoms. The van der Waals surface area contributed by atoms with Crippen LogP contribution >= 0.6 is 0 Å². The number of hydrogen-bond acceptors (Lipinski definition) is 3. The summed E-state index contributed by atoms with van der Waals surface area (Å²) in [5.41, 5.74) is 1.31. The molecule has 0 unspecified atom stereocenters. The molecular weight excluding hydrogens is 326 g/mol. The Morgan fingerprint density at radius 3 is 2.35 bits per heavy atom. The molecule has 3 atom stereocenters. The van der Waals surface area contributed by atoms with Crippen molar-refractivity contribution >= 4 is 11.9 Å². The minimum atomic E-state index is -0.838. The number of cyclic esters (lactones) is 1. The molecule has 134 valence electrons. The first-order chi connectivity index (χ1) is 12.7. The molecule has 4 rings (SSSR count). The normalized spacial score (nSPS) is 28.0. The SMILES string of the molecule is CC[C@@]12C[C@H](Cc3ccccc3)C(=O)N1[C@@H](c1ccccc1)COC2=O. The van der Waals surface area contributed by atoms with E-state index in [1.165, 1.54) is 0 Å². The van der Waals surface area contributed by atoms with Gasteiger partial charge in [0.05, 0.1) is 6.04 Å². The zero-order valence-corrected chi connectivity index (χ0v) is 14.9. The van der Waals surface area contributed by atoms with E-state index in [0.29, 0.717) is 19.3 Å². The summed E-state index contributed by atoms with van der Waals surface area (Å²) in [6.45, 7) is 2.20. The van der Waals surface area contributed by atoms with Gasteiger partial charge in [0.1, 0.15) is 12.1 Å². The van der Waals surface area contributed by atoms with Crippen molar-refractivity contribution in [3.8, 4) is 0 Å². The highest BCUT2D eigenvalue weighted by Crippen LogP contribution is 2.47. The third-order valence-corrected chi connectivity index (χ3v) is 5.79. The smallest absolute Gasteiger partial charge is 0.332 e. The molecule has 2 aliphatic rings. The Kier molecular flexibility index (Phi) is 4.27. The first-order valence-corrected chi connectivity index (χ1v) is 9.25. The second-order valence-electron chi connectivity index (χ2n) is 7.21. The minimum Gasteiger partial charge on any atom is -0.461 e. The highest BCUT2D eigenvalue weighted by molar-refractivity contribution is 5.94. The fourth-order valence-electron chi connectivity index (χ4n) is 4.44. The van der Waals surface area contributed by atoms with Gasteiger partial charge in [0.15, 0.2) is 0 Å². The van der Waals surface area contributed by atoms with Crippen LogP contribution in [0.2, 0.25) is 0 Å². The standard InChI is InChI=1S/C22H23NO3/c1-2-22-14-18(13-16-9-5-3-6-10-16)20(24)23(22)19(15-26-21(22)25)17-11-7-4-8-12-17/h3-12,18-19H,2,13-15H2,1H3/t18-,19+,22-/m0/s1. The second kappa shape index (κ2) is 6.60. The van der Waals surface area contributed by atoms with Crippen molar-refractivity contribution in [1.29, 1.82) is 0 Å². The van der Waals surface area contributed by atoms with Gasteiger partial charge in [0.25, 0.3) is 0 Å². The van der Waals surface area contributed by atoms with Crippen LogP contribution in [0, 0.1) is 5.92 Å². The molecule has 4 nitrogen and oxygen atoms in total. The van der Waals surface area contributed by atoms with Crippen molar-refractivity contribution < 1.29 is 14.3 Å². The summed E-state index contributed by atoms with van der Waals surface area (Å²) in [7, 11) is 0. The lowest BCUT2D eigenvalue weighted by atomic mass is 9.85. The molecule has 2 fully saturated rings. The van der Waals surface area contributed by atoms with Gasteiger partial charge in [-0.05, 0) is 30.4 Å². The summed E-state index contributed by atoms with van der Waals surface area (Å²) in [5.74, 6) is -0.369. The molecule has 2 aromatic rings. The summed E-state index contributed by atoms with van der Waals surface area (Å²) in [5, 5.41) is 0. The van der Waals surface area contributed by atoms with Gasteiger partial charge in [-0.2, -0.15) is 0 Å². The molecule has 2 heterocycles. The number of nitrogens with zero attached hydrogens (tertiary/aromatic N) is 1. The van der Waals surface area contributed by atoms with E-state index in [-0.39, 0.29) is 30.4 Å². The molecular formula is C22H23NO3. The van der Waals surface area contributed by atoms with E-state index < -0.39 is 5.54 Å². The van der Waals surface area contributed by atoms with E-state index in [2.05, 4.69) is 0 Å². The molecule has 1 amide bonds. The fraction of sp³-hybridized carbons (Fsp3) is 0.364. The highest BCUT2D eigenvalue weighted by atomic mass is 16.5. The van der Waals surface area contributed by atoms with Gasteiger partial charge in [-0.1, -0.05) is 67.6 Å². The van der Waals surface area contributed by atoms with Gasteiger partial charge >= 0.3 is 5.97 Å². The molecule has 0 aromatic heterocycles. The first kappa shape index (κ1) is 16.8. The second-order valence-corrected chi connectivity index (χ2v) is 7.21. The Labute approximate surface area is 153 Å². The van der Waals surface area contributed by atoms with E-state index in [4.69, 9.17) is 4.74 Å². The van der Waals surface area contributed by atoms with Crippen molar-refractivity contribution in [2.24, 2.45) is 5.92 Å². The van der Waals surface area contributed by atoms with E-state index in [9.17, 15) is 9.59 Å². The molecule has 0 aliphatic carbocycles. The predicted octanol–water partition coefficient (Wildman–Crippen LogP) is 3.52. The predicted molar refractivity (Wildman–Crippen MR) is 98.3 cm³/mol. The zero-order chi connectivity index (χ0) is 18.1. The van der Waals surface area contributed by atoms with Gasteiger partial charge in [-0.3, -0.25) is 4.79 Å². The molecule has 2 saturated heterocycles. The highest BCUT2D eigenvalue weighted by Gasteiger charge is 2.60. The topological polar surface area (TPSA) is 46.6 Å². The van der Waals surface area contributed by atoms with Crippen LogP contribution in [0.4, 0.5) is 0 Å². The Morgan fingerprint density at radius 1 is 1.04 bits per heavy atom. The largest absolute Gasteiger partial charge is 0.461 e. The van der Waals surface area contributed by atoms with Crippen LogP contribution in [0.15, 0.2) is 60.7 Å². The Morgan fingerprint density at radius 2 is 1.69 bits per heavy atom. The first-order valence-electron chi connectivity index (χ1n) is 9.25. The maximum atomic E-state index is 13.4. The van der Waals surface area contributed by atoms with E-state index in [0.717, 1.165) is 11.1 Å². The van der Waals surface area contributed by atoms with Crippen LogP contribution in [-0.2, 0) is 20.7 Å². The van der Waals surface area contributed by atoms with Crippen molar-refractivity contribution in [3.63, 3.8) is 0 Å². The summed E-state index contributed by atoms with van der Waals surface area (Å²) >= 11 is 0. The molecule has 2 aromatic carbocycles. The summed E-state index contributed by atoms with van der Waals surface area (Å²) < 4.78 is 5.57. The van der Waals surface area contributed by atoms with Gasteiger partial charge in [0, 0.05) is 5.92 Å². The molecule has 0 radical (unpaired) electrons. The number of rotatable bonds is 4. The van der Waals surface area contributed by atoms with Crippen LogP contribution in [0.25, 0.3) is 0 Å².